The van der Waals surface area contributed by atoms with Gasteiger partial charge in [-0.3, -0.25) is 9.79 Å². The molecule has 3 aromatic rings. The summed E-state index contributed by atoms with van der Waals surface area (Å²) in [4.78, 5) is 28.5. The number of hydrogen-bond donors (Lipinski definition) is 3. The number of halogens is 1. The maximum atomic E-state index is 15.2. The average Bonchev–Trinajstić information content (AvgIpc) is 3.41. The summed E-state index contributed by atoms with van der Waals surface area (Å²) in [6.45, 7) is 11.4. The molecular weight excluding hydrogens is 577 g/mol. The topological polar surface area (TPSA) is 138 Å². The van der Waals surface area contributed by atoms with E-state index in [2.05, 4.69) is 33.6 Å². The lowest BCUT2D eigenvalue weighted by atomic mass is 10.0. The number of amides is 1. The van der Waals surface area contributed by atoms with Gasteiger partial charge in [-0.15, -0.1) is 0 Å². The van der Waals surface area contributed by atoms with Gasteiger partial charge in [0.15, 0.2) is 5.82 Å². The number of benzene rings is 2. The molecule has 4 N–H and O–H groups in total. The number of nitrogens with two attached hydrogens (primary N) is 1. The van der Waals surface area contributed by atoms with Crippen molar-refractivity contribution in [3.63, 3.8) is 0 Å². The SMILES string of the molecule is C=CC(=O)N1CCC(Nc2cc(C(N)=Nc3ccc(Oc4ccnc(N5CCC(C)(O)C5)c4)cc3F)c(N=C)cc2OC)CC1. The Balaban J connectivity index is 1.32. The van der Waals surface area contributed by atoms with Crippen molar-refractivity contribution in [3.8, 4) is 17.2 Å². The molecule has 12 heteroatoms. The molecule has 11 nitrogen and oxygen atoms in total. The molecule has 0 bridgehead atoms. The number of aromatic nitrogens is 1. The first kappa shape index (κ1) is 31.5. The van der Waals surface area contributed by atoms with Crippen LogP contribution in [-0.4, -0.2) is 78.4 Å². The van der Waals surface area contributed by atoms with Crippen molar-refractivity contribution in [1.29, 1.82) is 0 Å². The van der Waals surface area contributed by atoms with E-state index < -0.39 is 11.4 Å². The van der Waals surface area contributed by atoms with Crippen molar-refractivity contribution in [2.75, 3.05) is 43.5 Å². The Morgan fingerprint density at radius 3 is 2.58 bits per heavy atom. The molecule has 2 saturated heterocycles. The van der Waals surface area contributed by atoms with Crippen LogP contribution in [0.5, 0.6) is 17.2 Å². The Hall–Kier alpha value is -4.97. The minimum absolute atomic E-state index is 0.0224. The van der Waals surface area contributed by atoms with E-state index in [0.717, 1.165) is 12.8 Å². The van der Waals surface area contributed by atoms with Crippen molar-refractivity contribution < 1.29 is 23.8 Å². The largest absolute Gasteiger partial charge is 0.495 e. The number of carbonyl (C=O) groups excluding carboxylic acids is 1. The van der Waals surface area contributed by atoms with Gasteiger partial charge in [-0.2, -0.15) is 0 Å². The first-order valence-electron chi connectivity index (χ1n) is 14.7. The number of likely N-dealkylation sites (tertiary alicyclic amines) is 1. The van der Waals surface area contributed by atoms with Crippen molar-refractivity contribution in [1.82, 2.24) is 9.88 Å². The van der Waals surface area contributed by atoms with Gasteiger partial charge >= 0.3 is 0 Å². The Morgan fingerprint density at radius 2 is 1.93 bits per heavy atom. The van der Waals surface area contributed by atoms with E-state index in [4.69, 9.17) is 15.2 Å². The number of piperidine rings is 1. The molecule has 1 aromatic heterocycles. The fourth-order valence-electron chi connectivity index (χ4n) is 5.52. The van der Waals surface area contributed by atoms with E-state index in [-0.39, 0.29) is 29.2 Å². The summed E-state index contributed by atoms with van der Waals surface area (Å²) < 4.78 is 26.7. The van der Waals surface area contributed by atoms with Crippen molar-refractivity contribution in [3.05, 3.63) is 72.7 Å². The second-order valence-corrected chi connectivity index (χ2v) is 11.4. The molecule has 0 spiro atoms. The van der Waals surface area contributed by atoms with Crippen LogP contribution in [0.15, 0.2) is 71.3 Å². The molecule has 1 unspecified atom stereocenters. The van der Waals surface area contributed by atoms with Gasteiger partial charge < -0.3 is 35.4 Å². The summed E-state index contributed by atoms with van der Waals surface area (Å²) in [6, 6.07) is 11.3. The molecule has 0 radical (unpaired) electrons. The van der Waals surface area contributed by atoms with Crippen molar-refractivity contribution >= 4 is 41.3 Å². The van der Waals surface area contributed by atoms with Crippen LogP contribution in [-0.2, 0) is 4.79 Å². The van der Waals surface area contributed by atoms with E-state index in [9.17, 15) is 9.90 Å². The summed E-state index contributed by atoms with van der Waals surface area (Å²) in [5.74, 6) is 1.32. The monoisotopic (exact) mass is 615 g/mol. The maximum absolute atomic E-state index is 15.2. The Morgan fingerprint density at radius 1 is 1.18 bits per heavy atom. The fraction of sp³-hybridized carbons (Fsp3) is 0.333. The van der Waals surface area contributed by atoms with Crippen LogP contribution in [0.4, 0.5) is 27.3 Å². The average molecular weight is 616 g/mol. The number of β-amino-alcohol motifs (C(OH)–C–C–N with tert-alkyl or cyclic N) is 1. The Bertz CT molecular complexity index is 1620. The zero-order valence-electron chi connectivity index (χ0n) is 25.5. The maximum Gasteiger partial charge on any atom is 0.245 e. The molecular formula is C33H38FN7O4. The van der Waals surface area contributed by atoms with Gasteiger partial charge in [0.2, 0.25) is 5.91 Å². The zero-order chi connectivity index (χ0) is 32.1. The number of anilines is 2. The quantitative estimate of drug-likeness (QED) is 0.166. The lowest BCUT2D eigenvalue weighted by molar-refractivity contribution is -0.126. The summed E-state index contributed by atoms with van der Waals surface area (Å²) in [5.41, 5.74) is 7.22. The van der Waals surface area contributed by atoms with E-state index in [1.165, 1.54) is 18.2 Å². The van der Waals surface area contributed by atoms with Crippen LogP contribution >= 0.6 is 0 Å². The predicted molar refractivity (Wildman–Crippen MR) is 174 cm³/mol. The molecule has 2 fully saturated rings. The molecule has 236 valence electrons. The van der Waals surface area contributed by atoms with E-state index in [1.54, 1.807) is 55.5 Å². The van der Waals surface area contributed by atoms with Crippen LogP contribution in [0.1, 0.15) is 31.7 Å². The van der Waals surface area contributed by atoms with E-state index in [0.29, 0.717) is 66.9 Å². The van der Waals surface area contributed by atoms with Crippen LogP contribution in [0.3, 0.4) is 0 Å². The molecule has 2 aliphatic heterocycles. The molecule has 0 aliphatic carbocycles. The number of pyridine rings is 1. The molecule has 3 heterocycles. The summed E-state index contributed by atoms with van der Waals surface area (Å²) in [6.07, 6.45) is 5.07. The second kappa shape index (κ2) is 13.3. The van der Waals surface area contributed by atoms with E-state index >= 15 is 4.39 Å². The number of carbonyl (C=O) groups is 1. The summed E-state index contributed by atoms with van der Waals surface area (Å²) in [7, 11) is 1.55. The minimum Gasteiger partial charge on any atom is -0.495 e. The third kappa shape index (κ3) is 7.40. The van der Waals surface area contributed by atoms with Gasteiger partial charge in [-0.25, -0.2) is 14.4 Å². The van der Waals surface area contributed by atoms with Crippen LogP contribution in [0, 0.1) is 5.82 Å². The molecule has 5 rings (SSSR count). The number of rotatable bonds is 10. The molecule has 1 atom stereocenters. The summed E-state index contributed by atoms with van der Waals surface area (Å²) in [5, 5.41) is 13.8. The van der Waals surface area contributed by atoms with Gasteiger partial charge in [0, 0.05) is 62.2 Å². The molecule has 2 aliphatic rings. The number of amidine groups is 1. The number of aliphatic hydroxyl groups is 1. The van der Waals surface area contributed by atoms with Gasteiger partial charge in [-0.05, 0) is 63.2 Å². The van der Waals surface area contributed by atoms with Crippen molar-refractivity contribution in [2.45, 2.75) is 37.8 Å². The highest BCUT2D eigenvalue weighted by Gasteiger charge is 2.32. The number of ether oxygens (including phenoxy) is 2. The van der Waals surface area contributed by atoms with Gasteiger partial charge in [0.25, 0.3) is 0 Å². The molecule has 1 amide bonds. The third-order valence-electron chi connectivity index (χ3n) is 7.99. The lowest BCUT2D eigenvalue weighted by Gasteiger charge is -2.32. The Labute approximate surface area is 261 Å². The number of hydrogen-bond acceptors (Lipinski definition) is 9. The van der Waals surface area contributed by atoms with Crippen LogP contribution < -0.4 is 25.4 Å². The van der Waals surface area contributed by atoms with Crippen molar-refractivity contribution in [2.24, 2.45) is 15.7 Å². The third-order valence-corrected chi connectivity index (χ3v) is 7.99. The zero-order valence-corrected chi connectivity index (χ0v) is 25.5. The Kier molecular flexibility index (Phi) is 9.33. The minimum atomic E-state index is -0.766. The highest BCUT2D eigenvalue weighted by molar-refractivity contribution is 6.04. The standard InChI is InChI=1S/C33H38FN7O4/c1-5-31(42)40-13-9-21(10-14-40)38-28-18-24(27(36-3)19-29(28)44-4)32(35)39-26-7-6-22(16-25(26)34)45-23-8-12-37-30(17-23)41-15-11-33(2,43)20-41/h5-8,12,16-19,21,38,43H,1,3,9-11,13-15,20H2,2,4H3,(H2,35,39). The highest BCUT2D eigenvalue weighted by Crippen LogP contribution is 2.36. The molecule has 45 heavy (non-hydrogen) atoms. The number of aliphatic imine (C=N–C) groups is 2. The van der Waals surface area contributed by atoms with E-state index in [1.807, 2.05) is 4.90 Å². The number of nitrogens with zero attached hydrogens (tertiary/aromatic N) is 5. The molecule has 2 aromatic carbocycles. The normalized spacial score (nSPS) is 18.9. The van der Waals surface area contributed by atoms with Crippen LogP contribution in [0.2, 0.25) is 0 Å². The first-order chi connectivity index (χ1) is 21.6. The smallest absolute Gasteiger partial charge is 0.245 e. The highest BCUT2D eigenvalue weighted by atomic mass is 19.1. The van der Waals surface area contributed by atoms with Gasteiger partial charge in [0.05, 0.1) is 24.1 Å². The predicted octanol–water partition coefficient (Wildman–Crippen LogP) is 4.94. The van der Waals surface area contributed by atoms with Crippen LogP contribution in [0.25, 0.3) is 0 Å². The fourth-order valence-corrected chi connectivity index (χ4v) is 5.52. The second-order valence-electron chi connectivity index (χ2n) is 11.4. The molecule has 0 saturated carbocycles. The lowest BCUT2D eigenvalue weighted by Crippen LogP contribution is -2.41. The van der Waals surface area contributed by atoms with Gasteiger partial charge in [-0.1, -0.05) is 6.58 Å². The number of methoxy groups -OCH3 is 1. The summed E-state index contributed by atoms with van der Waals surface area (Å²) >= 11 is 0. The first-order valence-corrected chi connectivity index (χ1v) is 14.7. The van der Waals surface area contributed by atoms with Gasteiger partial charge in [0.1, 0.15) is 34.6 Å². The number of nitrogens with one attached hydrogen (secondary N) is 1.